The first kappa shape index (κ1) is 15.4. The average Bonchev–Trinajstić information content (AvgIpc) is 2.88. The number of morpholine rings is 1. The minimum atomic E-state index is -0.385. The van der Waals surface area contributed by atoms with Crippen LogP contribution in [0.15, 0.2) is 24.3 Å². The van der Waals surface area contributed by atoms with Crippen LogP contribution in [0, 0.1) is 11.7 Å². The van der Waals surface area contributed by atoms with E-state index in [0.717, 1.165) is 26.1 Å². The summed E-state index contributed by atoms with van der Waals surface area (Å²) in [5.74, 6) is -0.0859. The lowest BCUT2D eigenvalue weighted by Gasteiger charge is -2.36. The summed E-state index contributed by atoms with van der Waals surface area (Å²) in [4.78, 5) is 14.6. The third-order valence-electron chi connectivity index (χ3n) is 4.61. The van der Waals surface area contributed by atoms with Crippen LogP contribution in [0.4, 0.5) is 4.39 Å². The monoisotopic (exact) mass is 306 g/mol. The summed E-state index contributed by atoms with van der Waals surface area (Å²) in [5, 5.41) is 3.02. The lowest BCUT2D eigenvalue weighted by Crippen LogP contribution is -2.48. The van der Waals surface area contributed by atoms with Crippen molar-refractivity contribution in [3.8, 4) is 0 Å². The van der Waals surface area contributed by atoms with Crippen LogP contribution in [0.2, 0.25) is 0 Å². The van der Waals surface area contributed by atoms with Crippen LogP contribution < -0.4 is 5.32 Å². The molecule has 2 saturated heterocycles. The average molecular weight is 306 g/mol. The molecule has 1 amide bonds. The zero-order valence-electron chi connectivity index (χ0n) is 13.1. The van der Waals surface area contributed by atoms with Crippen molar-refractivity contribution < 1.29 is 13.9 Å². The Hall–Kier alpha value is -1.46. The van der Waals surface area contributed by atoms with Crippen LogP contribution in [-0.2, 0) is 4.74 Å². The Morgan fingerprint density at radius 3 is 2.95 bits per heavy atom. The summed E-state index contributed by atoms with van der Waals surface area (Å²) >= 11 is 0. The summed E-state index contributed by atoms with van der Waals surface area (Å²) in [6.07, 6.45) is 1.17. The van der Waals surface area contributed by atoms with Crippen LogP contribution in [0.1, 0.15) is 30.6 Å². The first-order chi connectivity index (χ1) is 10.5. The summed E-state index contributed by atoms with van der Waals surface area (Å²) < 4.78 is 19.1. The van der Waals surface area contributed by atoms with E-state index in [2.05, 4.69) is 24.1 Å². The smallest absolute Gasteiger partial charge is 0.251 e. The van der Waals surface area contributed by atoms with E-state index >= 15 is 0 Å². The molecule has 2 aliphatic rings. The molecule has 1 N–H and O–H groups in total. The van der Waals surface area contributed by atoms with Gasteiger partial charge in [-0.25, -0.2) is 4.39 Å². The van der Waals surface area contributed by atoms with Gasteiger partial charge < -0.3 is 10.1 Å². The maximum atomic E-state index is 13.2. The molecular weight excluding hydrogens is 283 g/mol. The molecule has 22 heavy (non-hydrogen) atoms. The maximum Gasteiger partial charge on any atom is 0.251 e. The third kappa shape index (κ3) is 3.31. The molecule has 4 nitrogen and oxygen atoms in total. The number of rotatable bonds is 3. The van der Waals surface area contributed by atoms with Gasteiger partial charge in [-0.05, 0) is 30.5 Å². The number of nitrogens with zero attached hydrogens (tertiary/aromatic N) is 1. The summed E-state index contributed by atoms with van der Waals surface area (Å²) in [7, 11) is 0. The number of carbonyl (C=O) groups is 1. The van der Waals surface area contributed by atoms with Gasteiger partial charge >= 0.3 is 0 Å². The highest BCUT2D eigenvalue weighted by atomic mass is 19.1. The van der Waals surface area contributed by atoms with Gasteiger partial charge in [0, 0.05) is 30.7 Å². The van der Waals surface area contributed by atoms with Crippen LogP contribution in [-0.4, -0.2) is 48.7 Å². The van der Waals surface area contributed by atoms with Crippen molar-refractivity contribution in [3.05, 3.63) is 35.6 Å². The number of carbonyl (C=O) groups excluding carboxylic acids is 1. The summed E-state index contributed by atoms with van der Waals surface area (Å²) in [6, 6.07) is 6.30. The van der Waals surface area contributed by atoms with Gasteiger partial charge in [-0.15, -0.1) is 0 Å². The predicted molar refractivity (Wildman–Crippen MR) is 82.2 cm³/mol. The third-order valence-corrected chi connectivity index (χ3v) is 4.61. The zero-order valence-corrected chi connectivity index (χ0v) is 13.1. The molecular formula is C17H23FN2O2. The van der Waals surface area contributed by atoms with E-state index in [1.54, 1.807) is 12.1 Å². The number of fused-ring (bicyclic) bond motifs is 1. The maximum absolute atomic E-state index is 13.2. The molecule has 0 spiro atoms. The molecule has 120 valence electrons. The fourth-order valence-corrected chi connectivity index (χ4v) is 3.31. The van der Waals surface area contributed by atoms with E-state index < -0.39 is 0 Å². The minimum absolute atomic E-state index is 0.107. The van der Waals surface area contributed by atoms with E-state index in [1.165, 1.54) is 12.1 Å². The minimum Gasteiger partial charge on any atom is -0.375 e. The van der Waals surface area contributed by atoms with Crippen LogP contribution in [0.5, 0.6) is 0 Å². The van der Waals surface area contributed by atoms with E-state index in [4.69, 9.17) is 4.74 Å². The fraction of sp³-hybridized carbons (Fsp3) is 0.588. The molecule has 2 fully saturated rings. The predicted octanol–water partition coefficient (Wildman–Crippen LogP) is 2.05. The lowest BCUT2D eigenvalue weighted by atomic mass is 10.0. The molecule has 3 rings (SSSR count). The Morgan fingerprint density at radius 1 is 1.41 bits per heavy atom. The standard InChI is InChI=1S/C17H23FN2O2/c1-11(2)16-9-20-8-14(7-15(20)10-22-16)19-17(21)12-4-3-5-13(18)6-12/h3-6,11,14-16H,7-10H2,1-2H3,(H,19,21)/t14-,15+,16+/m1/s1. The first-order valence-electron chi connectivity index (χ1n) is 7.95. The second-order valence-electron chi connectivity index (χ2n) is 6.64. The normalized spacial score (nSPS) is 28.6. The van der Waals surface area contributed by atoms with Crippen molar-refractivity contribution in [1.29, 1.82) is 0 Å². The second-order valence-corrected chi connectivity index (χ2v) is 6.64. The number of hydrogen-bond donors (Lipinski definition) is 1. The molecule has 0 bridgehead atoms. The summed E-state index contributed by atoms with van der Waals surface area (Å²) in [5.41, 5.74) is 0.376. The van der Waals surface area contributed by atoms with E-state index in [0.29, 0.717) is 17.5 Å². The Morgan fingerprint density at radius 2 is 2.23 bits per heavy atom. The Labute approximate surface area is 130 Å². The highest BCUT2D eigenvalue weighted by Gasteiger charge is 2.38. The number of halogens is 1. The molecule has 0 radical (unpaired) electrons. The highest BCUT2D eigenvalue weighted by Crippen LogP contribution is 2.26. The molecule has 0 saturated carbocycles. The quantitative estimate of drug-likeness (QED) is 0.929. The first-order valence-corrected chi connectivity index (χ1v) is 7.95. The van der Waals surface area contributed by atoms with Crippen molar-refractivity contribution in [2.45, 2.75) is 38.5 Å². The second kappa shape index (κ2) is 6.34. The largest absolute Gasteiger partial charge is 0.375 e. The van der Waals surface area contributed by atoms with Gasteiger partial charge in [-0.1, -0.05) is 19.9 Å². The van der Waals surface area contributed by atoms with Gasteiger partial charge in [0.15, 0.2) is 0 Å². The topological polar surface area (TPSA) is 41.6 Å². The van der Waals surface area contributed by atoms with Crippen LogP contribution >= 0.6 is 0 Å². The van der Waals surface area contributed by atoms with E-state index in [1.807, 2.05) is 0 Å². The van der Waals surface area contributed by atoms with Crippen molar-refractivity contribution in [2.24, 2.45) is 5.92 Å². The zero-order chi connectivity index (χ0) is 15.7. The van der Waals surface area contributed by atoms with Crippen molar-refractivity contribution in [3.63, 3.8) is 0 Å². The van der Waals surface area contributed by atoms with Gasteiger partial charge in [0.25, 0.3) is 5.91 Å². The number of amides is 1. The van der Waals surface area contributed by atoms with Gasteiger partial charge in [0.2, 0.25) is 0 Å². The van der Waals surface area contributed by atoms with E-state index in [-0.39, 0.29) is 23.9 Å². The molecule has 0 aromatic heterocycles. The van der Waals surface area contributed by atoms with Crippen LogP contribution in [0.3, 0.4) is 0 Å². The van der Waals surface area contributed by atoms with Crippen molar-refractivity contribution >= 4 is 5.91 Å². The van der Waals surface area contributed by atoms with Gasteiger partial charge in [-0.3, -0.25) is 9.69 Å². The van der Waals surface area contributed by atoms with Crippen LogP contribution in [0.25, 0.3) is 0 Å². The molecule has 5 heteroatoms. The Balaban J connectivity index is 1.58. The molecule has 1 aromatic rings. The Bertz CT molecular complexity index is 549. The number of nitrogens with one attached hydrogen (secondary N) is 1. The molecule has 2 aliphatic heterocycles. The number of hydrogen-bond acceptors (Lipinski definition) is 3. The number of ether oxygens (including phenoxy) is 1. The molecule has 2 heterocycles. The van der Waals surface area contributed by atoms with Gasteiger partial charge in [0.05, 0.1) is 12.7 Å². The molecule has 0 aliphatic carbocycles. The fourth-order valence-electron chi connectivity index (χ4n) is 3.31. The number of benzene rings is 1. The highest BCUT2D eigenvalue weighted by molar-refractivity contribution is 5.94. The Kier molecular flexibility index (Phi) is 4.45. The molecule has 1 aromatic carbocycles. The van der Waals surface area contributed by atoms with Crippen molar-refractivity contribution in [1.82, 2.24) is 10.2 Å². The van der Waals surface area contributed by atoms with Crippen molar-refractivity contribution in [2.75, 3.05) is 19.7 Å². The van der Waals surface area contributed by atoms with Gasteiger partial charge in [-0.2, -0.15) is 0 Å². The van der Waals surface area contributed by atoms with Gasteiger partial charge in [0.1, 0.15) is 5.82 Å². The lowest BCUT2D eigenvalue weighted by molar-refractivity contribution is -0.0683. The summed E-state index contributed by atoms with van der Waals surface area (Å²) in [6.45, 7) is 6.84. The molecule has 3 atom stereocenters. The molecule has 0 unspecified atom stereocenters. The SMILES string of the molecule is CC(C)[C@@H]1CN2C[C@H](NC(=O)c3cccc(F)c3)C[C@H]2CO1. The van der Waals surface area contributed by atoms with E-state index in [9.17, 15) is 9.18 Å².